The van der Waals surface area contributed by atoms with Crippen LogP contribution in [0.25, 0.3) is 0 Å². The molecule has 27 heavy (non-hydrogen) atoms. The lowest BCUT2D eigenvalue weighted by atomic mass is 10.0. The Bertz CT molecular complexity index is 725. The molecule has 1 amide bonds. The number of aliphatic carboxylic acids is 1. The zero-order valence-electron chi connectivity index (χ0n) is 16.4. The zero-order chi connectivity index (χ0) is 20.6. The largest absolute Gasteiger partial charge is 0.480 e. The van der Waals surface area contributed by atoms with Crippen LogP contribution in [0.4, 0.5) is 0 Å². The van der Waals surface area contributed by atoms with Crippen molar-refractivity contribution >= 4 is 21.9 Å². The van der Waals surface area contributed by atoms with E-state index in [4.69, 9.17) is 0 Å². The normalized spacial score (nSPS) is 13.0. The highest BCUT2D eigenvalue weighted by Gasteiger charge is 2.22. The molecule has 0 fully saturated rings. The fourth-order valence-electron chi connectivity index (χ4n) is 2.76. The Kier molecular flexibility index (Phi) is 8.92. The molecule has 2 N–H and O–H groups in total. The van der Waals surface area contributed by atoms with E-state index in [1.807, 2.05) is 13.8 Å². The quantitative estimate of drug-likeness (QED) is 0.595. The average Bonchev–Trinajstić information content (AvgIpc) is 2.60. The highest BCUT2D eigenvalue weighted by atomic mass is 32.2. The molecule has 0 saturated heterocycles. The van der Waals surface area contributed by atoms with Gasteiger partial charge in [0.15, 0.2) is 0 Å². The summed E-state index contributed by atoms with van der Waals surface area (Å²) in [5.74, 6) is -1.21. The predicted molar refractivity (Wildman–Crippen MR) is 104 cm³/mol. The van der Waals surface area contributed by atoms with E-state index >= 15 is 0 Å². The van der Waals surface area contributed by atoms with Crippen LogP contribution >= 0.6 is 0 Å². The van der Waals surface area contributed by atoms with Crippen LogP contribution in [0.1, 0.15) is 46.1 Å². The van der Waals surface area contributed by atoms with Crippen molar-refractivity contribution in [1.29, 1.82) is 0 Å². The minimum absolute atomic E-state index is 0.143. The number of sulfonamides is 1. The van der Waals surface area contributed by atoms with Crippen LogP contribution < -0.4 is 5.32 Å². The summed E-state index contributed by atoms with van der Waals surface area (Å²) in [6.07, 6.45) is 0.925. The molecule has 1 atom stereocenters. The Morgan fingerprint density at radius 1 is 1.11 bits per heavy atom. The topological polar surface area (TPSA) is 104 Å². The maximum Gasteiger partial charge on any atom is 0.326 e. The lowest BCUT2D eigenvalue weighted by Gasteiger charge is -2.18. The molecule has 0 aliphatic rings. The third-order valence-electron chi connectivity index (χ3n) is 4.25. The zero-order valence-corrected chi connectivity index (χ0v) is 17.3. The van der Waals surface area contributed by atoms with Gasteiger partial charge in [0, 0.05) is 19.5 Å². The third kappa shape index (κ3) is 6.95. The second-order valence-electron chi connectivity index (χ2n) is 6.82. The van der Waals surface area contributed by atoms with Crippen LogP contribution in [0.3, 0.4) is 0 Å². The summed E-state index contributed by atoms with van der Waals surface area (Å²) < 4.78 is 26.3. The number of hydrogen-bond acceptors (Lipinski definition) is 4. The van der Waals surface area contributed by atoms with Crippen molar-refractivity contribution < 1.29 is 23.1 Å². The highest BCUT2D eigenvalue weighted by molar-refractivity contribution is 7.89. The Morgan fingerprint density at radius 2 is 1.67 bits per heavy atom. The van der Waals surface area contributed by atoms with Crippen LogP contribution in [0.2, 0.25) is 0 Å². The van der Waals surface area contributed by atoms with Crippen LogP contribution in [0.5, 0.6) is 0 Å². The Morgan fingerprint density at radius 3 is 2.11 bits per heavy atom. The van der Waals surface area contributed by atoms with Crippen molar-refractivity contribution in [2.24, 2.45) is 5.92 Å². The van der Waals surface area contributed by atoms with Crippen LogP contribution in [0, 0.1) is 5.92 Å². The number of aryl methyl sites for hydroxylation is 1. The molecule has 0 aliphatic carbocycles. The number of carboxylic acid groups (broad SMARTS) is 1. The van der Waals surface area contributed by atoms with Gasteiger partial charge in [-0.15, -0.1) is 0 Å². The maximum absolute atomic E-state index is 12.5. The summed E-state index contributed by atoms with van der Waals surface area (Å²) in [7, 11) is -3.50. The minimum atomic E-state index is -3.50. The van der Waals surface area contributed by atoms with Gasteiger partial charge >= 0.3 is 5.97 Å². The summed E-state index contributed by atoms with van der Waals surface area (Å²) >= 11 is 0. The van der Waals surface area contributed by atoms with E-state index in [2.05, 4.69) is 5.32 Å². The first-order valence-electron chi connectivity index (χ1n) is 9.23. The fourth-order valence-corrected chi connectivity index (χ4v) is 4.22. The molecule has 8 heteroatoms. The minimum Gasteiger partial charge on any atom is -0.480 e. The van der Waals surface area contributed by atoms with Crippen molar-refractivity contribution in [1.82, 2.24) is 9.62 Å². The monoisotopic (exact) mass is 398 g/mol. The Labute approximate surface area is 161 Å². The lowest BCUT2D eigenvalue weighted by Crippen LogP contribution is -2.41. The molecule has 0 unspecified atom stereocenters. The van der Waals surface area contributed by atoms with Crippen molar-refractivity contribution in [3.8, 4) is 0 Å². The SMILES string of the molecule is CCN(CC)S(=O)(=O)c1ccc(CCC(=O)N[C@H](CC(C)C)C(=O)O)cc1. The number of carbonyl (C=O) groups excluding carboxylic acids is 1. The second-order valence-corrected chi connectivity index (χ2v) is 8.76. The Hall–Kier alpha value is -1.93. The smallest absolute Gasteiger partial charge is 0.326 e. The molecule has 0 aromatic heterocycles. The van der Waals surface area contributed by atoms with Gasteiger partial charge in [0.05, 0.1) is 4.90 Å². The summed E-state index contributed by atoms with van der Waals surface area (Å²) in [6, 6.07) is 5.57. The van der Waals surface area contributed by atoms with Gasteiger partial charge < -0.3 is 10.4 Å². The molecule has 1 aromatic carbocycles. The molecule has 0 bridgehead atoms. The van der Waals surface area contributed by atoms with Crippen molar-refractivity contribution in [3.63, 3.8) is 0 Å². The maximum atomic E-state index is 12.5. The molecule has 7 nitrogen and oxygen atoms in total. The first-order valence-corrected chi connectivity index (χ1v) is 10.7. The number of nitrogens with zero attached hydrogens (tertiary/aromatic N) is 1. The van der Waals surface area contributed by atoms with E-state index < -0.39 is 22.0 Å². The molecule has 1 aromatic rings. The van der Waals surface area contributed by atoms with Crippen LogP contribution in [-0.2, 0) is 26.0 Å². The summed E-state index contributed by atoms with van der Waals surface area (Å²) in [5, 5.41) is 11.7. The average molecular weight is 399 g/mol. The van der Waals surface area contributed by atoms with E-state index in [-0.39, 0.29) is 23.1 Å². The van der Waals surface area contributed by atoms with Gasteiger partial charge in [-0.1, -0.05) is 39.8 Å². The van der Waals surface area contributed by atoms with Gasteiger partial charge in [-0.2, -0.15) is 4.31 Å². The summed E-state index contributed by atoms with van der Waals surface area (Å²) in [4.78, 5) is 23.5. The van der Waals surface area contributed by atoms with Gasteiger partial charge in [-0.25, -0.2) is 13.2 Å². The molecule has 0 heterocycles. The predicted octanol–water partition coefficient (Wildman–Crippen LogP) is 2.27. The molecule has 0 saturated carbocycles. The van der Waals surface area contributed by atoms with E-state index in [9.17, 15) is 23.1 Å². The van der Waals surface area contributed by atoms with Gasteiger partial charge in [0.25, 0.3) is 0 Å². The molecule has 1 rings (SSSR count). The van der Waals surface area contributed by atoms with Crippen molar-refractivity contribution in [3.05, 3.63) is 29.8 Å². The number of benzene rings is 1. The summed E-state index contributed by atoms with van der Waals surface area (Å²) in [5.41, 5.74) is 0.819. The van der Waals surface area contributed by atoms with Gasteiger partial charge in [0.2, 0.25) is 15.9 Å². The Balaban J connectivity index is 2.68. The highest BCUT2D eigenvalue weighted by Crippen LogP contribution is 2.17. The van der Waals surface area contributed by atoms with Gasteiger partial charge in [-0.3, -0.25) is 4.79 Å². The summed E-state index contributed by atoms with van der Waals surface area (Å²) in [6.45, 7) is 8.19. The van der Waals surface area contributed by atoms with Gasteiger partial charge in [-0.05, 0) is 36.5 Å². The molecule has 152 valence electrons. The van der Waals surface area contributed by atoms with Gasteiger partial charge in [0.1, 0.15) is 6.04 Å². The van der Waals surface area contributed by atoms with Crippen molar-refractivity contribution in [2.75, 3.05) is 13.1 Å². The molecule has 0 radical (unpaired) electrons. The number of amides is 1. The molecule has 0 spiro atoms. The lowest BCUT2D eigenvalue weighted by molar-refractivity contribution is -0.142. The van der Waals surface area contributed by atoms with E-state index in [0.29, 0.717) is 25.9 Å². The fraction of sp³-hybridized carbons (Fsp3) is 0.579. The number of carboxylic acids is 1. The molecular weight excluding hydrogens is 368 g/mol. The molecular formula is C19H30N2O5S. The second kappa shape index (κ2) is 10.4. The number of nitrogens with one attached hydrogen (secondary N) is 1. The third-order valence-corrected chi connectivity index (χ3v) is 6.31. The number of hydrogen-bond donors (Lipinski definition) is 2. The van der Waals surface area contributed by atoms with E-state index in [1.54, 1.807) is 38.1 Å². The first kappa shape index (κ1) is 23.1. The van der Waals surface area contributed by atoms with Crippen LogP contribution in [-0.4, -0.2) is 48.8 Å². The van der Waals surface area contributed by atoms with Crippen LogP contribution in [0.15, 0.2) is 29.2 Å². The number of carbonyl (C=O) groups is 2. The number of rotatable bonds is 11. The van der Waals surface area contributed by atoms with E-state index in [1.165, 1.54) is 4.31 Å². The standard InChI is InChI=1S/C19H30N2O5S/c1-5-21(6-2)27(25,26)16-10-7-15(8-11-16)9-12-18(22)20-17(19(23)24)13-14(3)4/h7-8,10-11,14,17H,5-6,9,12-13H2,1-4H3,(H,20,22)(H,23,24)/t17-/m1/s1. The van der Waals surface area contributed by atoms with E-state index in [0.717, 1.165) is 5.56 Å². The van der Waals surface area contributed by atoms with Crippen molar-refractivity contribution in [2.45, 2.75) is 57.9 Å². The first-order chi connectivity index (χ1) is 12.6. The molecule has 0 aliphatic heterocycles.